The summed E-state index contributed by atoms with van der Waals surface area (Å²) in [5.41, 5.74) is 8.41. The molecule has 0 spiro atoms. The van der Waals surface area contributed by atoms with Crippen LogP contribution < -0.4 is 10.5 Å². The predicted molar refractivity (Wildman–Crippen MR) is 71.9 cm³/mol. The molecule has 0 saturated carbocycles. The van der Waals surface area contributed by atoms with Gasteiger partial charge in [0.05, 0.1) is 11.5 Å². The third-order valence-corrected chi connectivity index (χ3v) is 4.74. The largest absolute Gasteiger partial charge is 0.398 e. The van der Waals surface area contributed by atoms with Crippen molar-refractivity contribution in [2.24, 2.45) is 0 Å². The number of nitrogen functional groups attached to an aromatic ring is 1. The van der Waals surface area contributed by atoms with Crippen molar-refractivity contribution in [3.05, 3.63) is 22.8 Å². The van der Waals surface area contributed by atoms with Crippen LogP contribution >= 0.6 is 0 Å². The smallest absolute Gasteiger partial charge is 0.241 e. The average Bonchev–Trinajstić information content (AvgIpc) is 2.24. The topological polar surface area (TPSA) is 92.4 Å². The second-order valence-electron chi connectivity index (χ2n) is 4.58. The Bertz CT molecular complexity index is 553. The number of hydrogen-bond donors (Lipinski definition) is 3. The van der Waals surface area contributed by atoms with Crippen LogP contribution in [0.2, 0.25) is 0 Å². The Hall–Kier alpha value is -1.11. The number of aliphatic hydroxyl groups is 1. The summed E-state index contributed by atoms with van der Waals surface area (Å²) in [6, 6.07) is 1.22. The van der Waals surface area contributed by atoms with Crippen LogP contribution in [0.4, 0.5) is 5.69 Å². The number of nitrogens with two attached hydrogens (primary N) is 1. The monoisotopic (exact) mass is 272 g/mol. The maximum atomic E-state index is 12.2. The molecule has 1 rings (SSSR count). The van der Waals surface area contributed by atoms with Crippen LogP contribution in [0.3, 0.4) is 0 Å². The van der Waals surface area contributed by atoms with E-state index in [0.717, 1.165) is 5.56 Å². The molecule has 0 aromatic heterocycles. The maximum absolute atomic E-state index is 12.2. The van der Waals surface area contributed by atoms with Gasteiger partial charge in [-0.2, -0.15) is 0 Å². The van der Waals surface area contributed by atoms with Gasteiger partial charge >= 0.3 is 0 Å². The van der Waals surface area contributed by atoms with Crippen LogP contribution in [0.15, 0.2) is 11.0 Å². The standard InChI is InChI=1S/C12H20N2O3S/c1-7-5-8(2)12(10(4)11(7)13)18(16,17)14-9(3)6-15/h5,9,14-15H,6,13H2,1-4H3/t9-/m0/s1. The molecule has 1 aromatic rings. The highest BCUT2D eigenvalue weighted by molar-refractivity contribution is 7.89. The lowest BCUT2D eigenvalue weighted by Gasteiger charge is -2.17. The van der Waals surface area contributed by atoms with E-state index in [0.29, 0.717) is 16.8 Å². The highest BCUT2D eigenvalue weighted by Crippen LogP contribution is 2.27. The summed E-state index contributed by atoms with van der Waals surface area (Å²) < 4.78 is 26.9. The molecule has 4 N–H and O–H groups in total. The fraction of sp³-hybridized carbons (Fsp3) is 0.500. The molecule has 0 amide bonds. The number of nitrogens with one attached hydrogen (secondary N) is 1. The minimum atomic E-state index is -3.66. The van der Waals surface area contributed by atoms with Gasteiger partial charge in [-0.3, -0.25) is 0 Å². The van der Waals surface area contributed by atoms with Gasteiger partial charge in [-0.05, 0) is 44.4 Å². The number of aliphatic hydroxyl groups excluding tert-OH is 1. The molecule has 0 aliphatic carbocycles. The summed E-state index contributed by atoms with van der Waals surface area (Å²) in [5.74, 6) is 0. The lowest BCUT2D eigenvalue weighted by atomic mass is 10.1. The van der Waals surface area contributed by atoms with Gasteiger partial charge in [0.1, 0.15) is 0 Å². The van der Waals surface area contributed by atoms with Crippen molar-refractivity contribution in [3.8, 4) is 0 Å². The second kappa shape index (κ2) is 5.26. The minimum Gasteiger partial charge on any atom is -0.398 e. The van der Waals surface area contributed by atoms with E-state index < -0.39 is 16.1 Å². The Morgan fingerprint density at radius 3 is 2.39 bits per heavy atom. The van der Waals surface area contributed by atoms with Crippen molar-refractivity contribution in [2.75, 3.05) is 12.3 Å². The molecule has 0 bridgehead atoms. The van der Waals surface area contributed by atoms with Crippen molar-refractivity contribution < 1.29 is 13.5 Å². The minimum absolute atomic E-state index is 0.200. The normalized spacial score (nSPS) is 13.6. The number of sulfonamides is 1. The molecular weight excluding hydrogens is 252 g/mol. The van der Waals surface area contributed by atoms with Crippen LogP contribution in [0.1, 0.15) is 23.6 Å². The number of benzene rings is 1. The third-order valence-electron chi connectivity index (χ3n) is 2.86. The Balaban J connectivity index is 3.38. The van der Waals surface area contributed by atoms with Crippen molar-refractivity contribution >= 4 is 15.7 Å². The van der Waals surface area contributed by atoms with E-state index in [1.165, 1.54) is 0 Å². The van der Waals surface area contributed by atoms with Crippen molar-refractivity contribution in [1.82, 2.24) is 4.72 Å². The summed E-state index contributed by atoms with van der Waals surface area (Å²) in [5, 5.41) is 8.93. The molecule has 0 unspecified atom stereocenters. The first-order valence-corrected chi connectivity index (χ1v) is 7.18. The Morgan fingerprint density at radius 1 is 1.33 bits per heavy atom. The fourth-order valence-electron chi connectivity index (χ4n) is 1.96. The molecule has 18 heavy (non-hydrogen) atoms. The van der Waals surface area contributed by atoms with Crippen LogP contribution in [0.5, 0.6) is 0 Å². The van der Waals surface area contributed by atoms with Crippen molar-refractivity contribution in [2.45, 2.75) is 38.6 Å². The first-order valence-electron chi connectivity index (χ1n) is 5.70. The summed E-state index contributed by atoms with van der Waals surface area (Å²) in [4.78, 5) is 0.200. The first kappa shape index (κ1) is 14.9. The zero-order chi connectivity index (χ0) is 14.1. The molecule has 0 radical (unpaired) electrons. The zero-order valence-electron chi connectivity index (χ0n) is 11.1. The molecule has 1 aromatic carbocycles. The van der Waals surface area contributed by atoms with E-state index in [1.54, 1.807) is 26.8 Å². The Kier molecular flexibility index (Phi) is 4.37. The summed E-state index contributed by atoms with van der Waals surface area (Å²) in [6.45, 7) is 6.61. The SMILES string of the molecule is Cc1cc(C)c(S(=O)(=O)N[C@@H](C)CO)c(C)c1N. The summed E-state index contributed by atoms with van der Waals surface area (Å²) >= 11 is 0. The van der Waals surface area contributed by atoms with Gasteiger partial charge in [-0.25, -0.2) is 13.1 Å². The molecule has 0 aliphatic rings. The summed E-state index contributed by atoms with van der Waals surface area (Å²) in [6.07, 6.45) is 0. The fourth-order valence-corrected chi connectivity index (χ4v) is 3.67. The lowest BCUT2D eigenvalue weighted by molar-refractivity contribution is 0.265. The van der Waals surface area contributed by atoms with Gasteiger partial charge in [-0.1, -0.05) is 6.07 Å². The van der Waals surface area contributed by atoms with Gasteiger partial charge in [0, 0.05) is 11.7 Å². The number of aryl methyl sites for hydroxylation is 2. The molecule has 0 saturated heterocycles. The van der Waals surface area contributed by atoms with E-state index in [1.807, 2.05) is 6.92 Å². The molecule has 0 fully saturated rings. The van der Waals surface area contributed by atoms with E-state index in [2.05, 4.69) is 4.72 Å². The maximum Gasteiger partial charge on any atom is 0.241 e. The highest BCUT2D eigenvalue weighted by atomic mass is 32.2. The zero-order valence-corrected chi connectivity index (χ0v) is 11.9. The van der Waals surface area contributed by atoms with Gasteiger partial charge in [-0.15, -0.1) is 0 Å². The van der Waals surface area contributed by atoms with E-state index >= 15 is 0 Å². The van der Waals surface area contributed by atoms with Crippen LogP contribution in [-0.4, -0.2) is 26.2 Å². The van der Waals surface area contributed by atoms with Gasteiger partial charge in [0.15, 0.2) is 0 Å². The van der Waals surface area contributed by atoms with Crippen LogP contribution in [0, 0.1) is 20.8 Å². The van der Waals surface area contributed by atoms with E-state index in [9.17, 15) is 8.42 Å². The highest BCUT2D eigenvalue weighted by Gasteiger charge is 2.23. The lowest BCUT2D eigenvalue weighted by Crippen LogP contribution is -2.35. The molecular formula is C12H20N2O3S. The summed E-state index contributed by atoms with van der Waals surface area (Å²) in [7, 11) is -3.66. The van der Waals surface area contributed by atoms with Crippen LogP contribution in [-0.2, 0) is 10.0 Å². The predicted octanol–water partition coefficient (Wildman–Crippen LogP) is 0.853. The van der Waals surface area contributed by atoms with Gasteiger partial charge in [0.2, 0.25) is 10.0 Å². The molecule has 1 atom stereocenters. The molecule has 0 heterocycles. The number of hydrogen-bond acceptors (Lipinski definition) is 4. The number of anilines is 1. The van der Waals surface area contributed by atoms with Crippen LogP contribution in [0.25, 0.3) is 0 Å². The third kappa shape index (κ3) is 2.82. The Labute approximate surface area is 108 Å². The molecule has 5 nitrogen and oxygen atoms in total. The second-order valence-corrected chi connectivity index (χ2v) is 6.23. The van der Waals surface area contributed by atoms with Crippen molar-refractivity contribution in [3.63, 3.8) is 0 Å². The molecule has 102 valence electrons. The van der Waals surface area contributed by atoms with E-state index in [-0.39, 0.29) is 11.5 Å². The molecule has 0 aliphatic heterocycles. The Morgan fingerprint density at radius 2 is 1.89 bits per heavy atom. The quantitative estimate of drug-likeness (QED) is 0.709. The molecule has 6 heteroatoms. The van der Waals surface area contributed by atoms with Crippen molar-refractivity contribution in [1.29, 1.82) is 0 Å². The number of rotatable bonds is 4. The van der Waals surface area contributed by atoms with E-state index in [4.69, 9.17) is 10.8 Å². The average molecular weight is 272 g/mol. The first-order chi connectivity index (χ1) is 8.20. The van der Waals surface area contributed by atoms with Gasteiger partial charge in [0.25, 0.3) is 0 Å². The van der Waals surface area contributed by atoms with Gasteiger partial charge < -0.3 is 10.8 Å².